The molecule has 0 radical (unpaired) electrons. The first-order valence-electron chi connectivity index (χ1n) is 9.36. The Morgan fingerprint density at radius 2 is 1.93 bits per heavy atom. The van der Waals surface area contributed by atoms with Gasteiger partial charge in [-0.3, -0.25) is 14.6 Å². The Balaban J connectivity index is 2.00. The second-order valence-electron chi connectivity index (χ2n) is 6.60. The molecule has 7 nitrogen and oxygen atoms in total. The van der Waals surface area contributed by atoms with Crippen LogP contribution >= 0.6 is 0 Å². The number of nitrogens with one attached hydrogen (secondary N) is 3. The quantitative estimate of drug-likeness (QED) is 0.399. The third-order valence-corrected chi connectivity index (χ3v) is 4.59. The molecule has 2 rings (SSSR count). The van der Waals surface area contributed by atoms with Crippen LogP contribution in [0, 0.1) is 5.92 Å². The first-order valence-corrected chi connectivity index (χ1v) is 9.36. The number of piperidine rings is 1. The van der Waals surface area contributed by atoms with Crippen LogP contribution in [-0.4, -0.2) is 44.2 Å². The molecule has 5 N–H and O–H groups in total. The van der Waals surface area contributed by atoms with Crippen LogP contribution in [-0.2, 0) is 16.1 Å². The Morgan fingerprint density at radius 3 is 2.59 bits per heavy atom. The van der Waals surface area contributed by atoms with E-state index in [1.165, 1.54) is 13.1 Å². The van der Waals surface area contributed by atoms with Crippen LogP contribution in [0.4, 0.5) is 0 Å². The van der Waals surface area contributed by atoms with Gasteiger partial charge >= 0.3 is 0 Å². The number of aliphatic imine (C=N–C) groups is 1. The zero-order chi connectivity index (χ0) is 19.5. The highest BCUT2D eigenvalue weighted by atomic mass is 16.2. The van der Waals surface area contributed by atoms with Crippen molar-refractivity contribution in [1.29, 1.82) is 0 Å². The zero-order valence-electron chi connectivity index (χ0n) is 15.8. The van der Waals surface area contributed by atoms with Crippen LogP contribution in [0.15, 0.2) is 47.1 Å². The van der Waals surface area contributed by atoms with Crippen LogP contribution < -0.4 is 21.7 Å². The molecule has 0 aliphatic carbocycles. The van der Waals surface area contributed by atoms with Crippen LogP contribution in [0.1, 0.15) is 24.8 Å². The Bertz CT molecular complexity index is 679. The fourth-order valence-electron chi connectivity index (χ4n) is 2.95. The molecule has 0 atom stereocenters. The summed E-state index contributed by atoms with van der Waals surface area (Å²) in [6.45, 7) is 3.00. The lowest BCUT2D eigenvalue weighted by molar-refractivity contribution is -0.117. The molecule has 0 aromatic heterocycles. The molecule has 1 aliphatic rings. The number of hydrogen-bond donors (Lipinski definition) is 4. The van der Waals surface area contributed by atoms with Crippen molar-refractivity contribution in [1.82, 2.24) is 16.0 Å². The summed E-state index contributed by atoms with van der Waals surface area (Å²) >= 11 is 0. The van der Waals surface area contributed by atoms with E-state index in [2.05, 4.69) is 20.9 Å². The van der Waals surface area contributed by atoms with Crippen molar-refractivity contribution >= 4 is 17.5 Å². The molecule has 0 unspecified atom stereocenters. The van der Waals surface area contributed by atoms with Crippen molar-refractivity contribution in [3.8, 4) is 0 Å². The number of hydrogen-bond acceptors (Lipinski definition) is 5. The van der Waals surface area contributed by atoms with Gasteiger partial charge in [-0.2, -0.15) is 0 Å². The smallest absolute Gasteiger partial charge is 0.269 e. The molecule has 1 aromatic rings. The lowest BCUT2D eigenvalue weighted by Crippen LogP contribution is -2.35. The number of amides is 2. The summed E-state index contributed by atoms with van der Waals surface area (Å²) in [5.41, 5.74) is 6.85. The topological polar surface area (TPSA) is 109 Å². The van der Waals surface area contributed by atoms with E-state index >= 15 is 0 Å². The molecular weight excluding hydrogens is 342 g/mol. The number of carbonyl (C=O) groups is 2. The largest absolute Gasteiger partial charge is 0.394 e. The van der Waals surface area contributed by atoms with Crippen LogP contribution in [0.25, 0.3) is 0 Å². The molecule has 146 valence electrons. The summed E-state index contributed by atoms with van der Waals surface area (Å²) in [6.07, 6.45) is 4.54. The monoisotopic (exact) mass is 371 g/mol. The van der Waals surface area contributed by atoms with Gasteiger partial charge in [0.05, 0.1) is 12.2 Å². The maximum absolute atomic E-state index is 12.6. The third kappa shape index (κ3) is 7.22. The summed E-state index contributed by atoms with van der Waals surface area (Å²) in [6, 6.07) is 9.62. The lowest BCUT2D eigenvalue weighted by Gasteiger charge is -2.22. The van der Waals surface area contributed by atoms with E-state index in [9.17, 15) is 9.59 Å². The van der Waals surface area contributed by atoms with Gasteiger partial charge in [0.25, 0.3) is 11.8 Å². The molecule has 27 heavy (non-hydrogen) atoms. The van der Waals surface area contributed by atoms with Crippen molar-refractivity contribution in [3.63, 3.8) is 0 Å². The highest BCUT2D eigenvalue weighted by Crippen LogP contribution is 2.14. The summed E-state index contributed by atoms with van der Waals surface area (Å²) in [5.74, 6) is -0.126. The molecule has 0 saturated carbocycles. The first-order chi connectivity index (χ1) is 13.1. The van der Waals surface area contributed by atoms with E-state index in [1.807, 2.05) is 30.3 Å². The average molecular weight is 371 g/mol. The molecule has 1 fully saturated rings. The van der Waals surface area contributed by atoms with E-state index in [0.717, 1.165) is 37.9 Å². The predicted molar refractivity (Wildman–Crippen MR) is 107 cm³/mol. The van der Waals surface area contributed by atoms with Gasteiger partial charge < -0.3 is 21.7 Å². The Kier molecular flexibility index (Phi) is 8.51. The second kappa shape index (κ2) is 11.1. The van der Waals surface area contributed by atoms with Crippen molar-refractivity contribution in [2.75, 3.05) is 26.7 Å². The zero-order valence-corrected chi connectivity index (χ0v) is 15.8. The van der Waals surface area contributed by atoms with Gasteiger partial charge in [0, 0.05) is 13.6 Å². The molecule has 1 heterocycles. The van der Waals surface area contributed by atoms with Crippen molar-refractivity contribution in [2.45, 2.75) is 25.8 Å². The maximum Gasteiger partial charge on any atom is 0.269 e. The summed E-state index contributed by atoms with van der Waals surface area (Å²) in [4.78, 5) is 28.6. The molecule has 2 amide bonds. The van der Waals surface area contributed by atoms with Gasteiger partial charge in [0.1, 0.15) is 5.71 Å². The minimum Gasteiger partial charge on any atom is -0.394 e. The van der Waals surface area contributed by atoms with Crippen molar-refractivity contribution < 1.29 is 9.59 Å². The van der Waals surface area contributed by atoms with Gasteiger partial charge in [0.2, 0.25) is 0 Å². The third-order valence-electron chi connectivity index (χ3n) is 4.59. The fourth-order valence-corrected chi connectivity index (χ4v) is 2.95. The van der Waals surface area contributed by atoms with Gasteiger partial charge in [-0.15, -0.1) is 0 Å². The molecule has 0 spiro atoms. The van der Waals surface area contributed by atoms with Crippen molar-refractivity contribution in [3.05, 3.63) is 47.7 Å². The fraction of sp³-hybridized carbons (Fsp3) is 0.450. The van der Waals surface area contributed by atoms with E-state index in [-0.39, 0.29) is 17.3 Å². The number of nitrogens with zero attached hydrogens (tertiary/aromatic N) is 1. The van der Waals surface area contributed by atoms with Crippen LogP contribution in [0.3, 0.4) is 0 Å². The summed E-state index contributed by atoms with van der Waals surface area (Å²) < 4.78 is 0. The number of likely N-dealkylation sites (N-methyl/N-ethyl adjacent to an activating group) is 1. The molecule has 7 heteroatoms. The van der Waals surface area contributed by atoms with E-state index in [0.29, 0.717) is 19.0 Å². The Morgan fingerprint density at radius 1 is 1.22 bits per heavy atom. The van der Waals surface area contributed by atoms with Gasteiger partial charge in [-0.05, 0) is 49.9 Å². The normalized spacial score (nSPS) is 16.0. The Hall–Kier alpha value is -2.67. The highest BCUT2D eigenvalue weighted by Gasteiger charge is 2.15. The number of benzene rings is 1. The number of nitrogens with two attached hydrogens (primary N) is 1. The Labute approximate surface area is 160 Å². The minimum atomic E-state index is -0.440. The molecule has 1 saturated heterocycles. The molecule has 0 bridgehead atoms. The number of carbonyl (C=O) groups excluding carboxylic acids is 2. The lowest BCUT2D eigenvalue weighted by atomic mass is 9.95. The molecule has 1 aliphatic heterocycles. The average Bonchev–Trinajstić information content (AvgIpc) is 2.71. The van der Waals surface area contributed by atoms with Crippen molar-refractivity contribution in [2.24, 2.45) is 16.6 Å². The molecule has 1 aromatic carbocycles. The molecular formula is C20H29N5O2. The van der Waals surface area contributed by atoms with E-state index in [4.69, 9.17) is 5.73 Å². The summed E-state index contributed by atoms with van der Waals surface area (Å²) in [5, 5.41) is 8.69. The van der Waals surface area contributed by atoms with Crippen LogP contribution in [0.5, 0.6) is 0 Å². The highest BCUT2D eigenvalue weighted by molar-refractivity contribution is 6.44. The predicted octanol–water partition coefficient (Wildman–Crippen LogP) is 0.722. The van der Waals surface area contributed by atoms with Gasteiger partial charge in [0.15, 0.2) is 0 Å². The minimum absolute atomic E-state index is 0.0437. The van der Waals surface area contributed by atoms with Crippen LogP contribution in [0.2, 0.25) is 0 Å². The second-order valence-corrected chi connectivity index (χ2v) is 6.60. The van der Waals surface area contributed by atoms with Gasteiger partial charge in [-0.25, -0.2) is 0 Å². The SMILES string of the molecule is CNC(=O)C(N)=CC(=NCc1ccccc1)C(=O)NCCC1CCNCC1. The van der Waals surface area contributed by atoms with E-state index in [1.54, 1.807) is 0 Å². The van der Waals surface area contributed by atoms with E-state index < -0.39 is 5.91 Å². The summed E-state index contributed by atoms with van der Waals surface area (Å²) in [7, 11) is 1.49. The number of rotatable bonds is 8. The van der Waals surface area contributed by atoms with Gasteiger partial charge in [-0.1, -0.05) is 30.3 Å². The maximum atomic E-state index is 12.6. The standard InChI is InChI=1S/C20H29N5O2/c1-22-19(26)17(21)13-18(25-14-16-5-3-2-4-6-16)20(27)24-12-9-15-7-10-23-11-8-15/h2-6,13,15,23H,7-12,14,21H2,1H3,(H,22,26)(H,24,27). The first kappa shape index (κ1) is 20.6.